The number of methoxy groups -OCH3 is 1. The van der Waals surface area contributed by atoms with Crippen LogP contribution in [0, 0.1) is 5.41 Å². The molecule has 0 unspecified atom stereocenters. The fourth-order valence-electron chi connectivity index (χ4n) is 3.96. The summed E-state index contributed by atoms with van der Waals surface area (Å²) in [5, 5.41) is 3.49. The molecule has 0 aliphatic carbocycles. The number of benzene rings is 1. The average molecular weight is 288 g/mol. The van der Waals surface area contributed by atoms with Crippen LogP contribution in [-0.4, -0.2) is 51.3 Å². The molecule has 0 spiro atoms. The summed E-state index contributed by atoms with van der Waals surface area (Å²) in [6.45, 7) is 6.75. The fourth-order valence-corrected chi connectivity index (χ4v) is 3.96. The zero-order valence-electron chi connectivity index (χ0n) is 13.2. The lowest BCUT2D eigenvalue weighted by atomic mass is 9.79. The molecule has 2 aliphatic rings. The third-order valence-electron chi connectivity index (χ3n) is 5.19. The number of hydrogen-bond donors (Lipinski definition) is 1. The molecular formula is C18H28N2O. The molecule has 0 radical (unpaired) electrons. The first-order valence-corrected chi connectivity index (χ1v) is 8.30. The second-order valence-corrected chi connectivity index (χ2v) is 6.73. The van der Waals surface area contributed by atoms with Crippen LogP contribution in [-0.2, 0) is 17.6 Å². The summed E-state index contributed by atoms with van der Waals surface area (Å²) in [6, 6.07) is 8.95. The zero-order chi connectivity index (χ0) is 14.5. The first kappa shape index (κ1) is 15.0. The van der Waals surface area contributed by atoms with Gasteiger partial charge in [0.25, 0.3) is 0 Å². The van der Waals surface area contributed by atoms with Gasteiger partial charge in [0.2, 0.25) is 0 Å². The van der Waals surface area contributed by atoms with Crippen LogP contribution in [0.3, 0.4) is 0 Å². The van der Waals surface area contributed by atoms with Crippen molar-refractivity contribution in [3.8, 4) is 0 Å². The summed E-state index contributed by atoms with van der Waals surface area (Å²) in [5.41, 5.74) is 3.45. The molecule has 2 heterocycles. The minimum absolute atomic E-state index is 0.358. The molecule has 0 saturated carbocycles. The van der Waals surface area contributed by atoms with Gasteiger partial charge in [-0.25, -0.2) is 0 Å². The van der Waals surface area contributed by atoms with Crippen LogP contribution in [0.4, 0.5) is 0 Å². The summed E-state index contributed by atoms with van der Waals surface area (Å²) in [5.74, 6) is 0. The van der Waals surface area contributed by atoms with E-state index in [1.807, 2.05) is 7.11 Å². The number of nitrogens with zero attached hydrogens (tertiary/aromatic N) is 1. The van der Waals surface area contributed by atoms with E-state index in [0.717, 1.165) is 19.7 Å². The molecule has 0 aromatic heterocycles. The van der Waals surface area contributed by atoms with E-state index in [-0.39, 0.29) is 0 Å². The molecule has 116 valence electrons. The predicted octanol–water partition coefficient (Wildman–Crippen LogP) is 2.10. The van der Waals surface area contributed by atoms with Crippen LogP contribution in [0.25, 0.3) is 0 Å². The highest BCUT2D eigenvalue weighted by Crippen LogP contribution is 2.31. The summed E-state index contributed by atoms with van der Waals surface area (Å²) < 4.78 is 5.56. The zero-order valence-corrected chi connectivity index (χ0v) is 13.2. The highest BCUT2D eigenvalue weighted by atomic mass is 16.5. The van der Waals surface area contributed by atoms with E-state index in [4.69, 9.17) is 4.74 Å². The topological polar surface area (TPSA) is 24.5 Å². The van der Waals surface area contributed by atoms with Crippen molar-refractivity contribution in [3.05, 3.63) is 35.4 Å². The molecule has 21 heavy (non-hydrogen) atoms. The lowest BCUT2D eigenvalue weighted by Crippen LogP contribution is -2.47. The Labute approximate surface area is 128 Å². The standard InChI is InChI=1S/C18H28N2O/c1-21-15-18(8-10-19-11-9-18)14-20-12-6-16-4-2-3-5-17(16)7-13-20/h2-5,19H,6-15H2,1H3. The van der Waals surface area contributed by atoms with E-state index in [1.54, 1.807) is 11.1 Å². The Balaban J connectivity index is 1.65. The molecule has 1 saturated heterocycles. The van der Waals surface area contributed by atoms with Crippen LogP contribution < -0.4 is 5.32 Å². The normalized spacial score (nSPS) is 22.5. The maximum Gasteiger partial charge on any atom is 0.0531 e. The van der Waals surface area contributed by atoms with Gasteiger partial charge in [0.05, 0.1) is 6.61 Å². The summed E-state index contributed by atoms with van der Waals surface area (Å²) in [4.78, 5) is 2.67. The van der Waals surface area contributed by atoms with Gasteiger partial charge in [0, 0.05) is 32.2 Å². The molecule has 3 rings (SSSR count). The Morgan fingerprint density at radius 2 is 1.71 bits per heavy atom. The van der Waals surface area contributed by atoms with Crippen molar-refractivity contribution in [3.63, 3.8) is 0 Å². The van der Waals surface area contributed by atoms with Gasteiger partial charge in [-0.3, -0.25) is 0 Å². The van der Waals surface area contributed by atoms with Crippen LogP contribution in [0.15, 0.2) is 24.3 Å². The van der Waals surface area contributed by atoms with Gasteiger partial charge in [0.15, 0.2) is 0 Å². The molecule has 1 aromatic rings. The third-order valence-corrected chi connectivity index (χ3v) is 5.19. The van der Waals surface area contributed by atoms with Crippen LogP contribution >= 0.6 is 0 Å². The Hall–Kier alpha value is -0.900. The van der Waals surface area contributed by atoms with Crippen molar-refractivity contribution in [1.29, 1.82) is 0 Å². The van der Waals surface area contributed by atoms with Crippen LogP contribution in [0.2, 0.25) is 0 Å². The van der Waals surface area contributed by atoms with Crippen LogP contribution in [0.5, 0.6) is 0 Å². The lowest BCUT2D eigenvalue weighted by Gasteiger charge is -2.40. The molecule has 2 aliphatic heterocycles. The van der Waals surface area contributed by atoms with Gasteiger partial charge < -0.3 is 15.0 Å². The van der Waals surface area contributed by atoms with Crippen molar-refractivity contribution >= 4 is 0 Å². The Morgan fingerprint density at radius 3 is 2.29 bits per heavy atom. The quantitative estimate of drug-likeness (QED) is 0.918. The number of rotatable bonds is 4. The minimum atomic E-state index is 0.358. The number of fused-ring (bicyclic) bond motifs is 1. The molecule has 1 N–H and O–H groups in total. The van der Waals surface area contributed by atoms with E-state index >= 15 is 0 Å². The molecule has 1 aromatic carbocycles. The van der Waals surface area contributed by atoms with Crippen molar-refractivity contribution in [1.82, 2.24) is 10.2 Å². The van der Waals surface area contributed by atoms with Crippen molar-refractivity contribution in [2.45, 2.75) is 25.7 Å². The maximum absolute atomic E-state index is 5.56. The molecule has 0 bridgehead atoms. The number of hydrogen-bond acceptors (Lipinski definition) is 3. The molecule has 0 atom stereocenters. The largest absolute Gasteiger partial charge is 0.384 e. The number of piperidine rings is 1. The molecular weight excluding hydrogens is 260 g/mol. The second kappa shape index (κ2) is 6.91. The highest BCUT2D eigenvalue weighted by Gasteiger charge is 2.34. The van der Waals surface area contributed by atoms with Crippen LogP contribution in [0.1, 0.15) is 24.0 Å². The monoisotopic (exact) mass is 288 g/mol. The summed E-state index contributed by atoms with van der Waals surface area (Å²) in [6.07, 6.45) is 4.86. The first-order valence-electron chi connectivity index (χ1n) is 8.30. The van der Waals surface area contributed by atoms with Gasteiger partial charge in [0.1, 0.15) is 0 Å². The molecule has 3 nitrogen and oxygen atoms in total. The lowest BCUT2D eigenvalue weighted by molar-refractivity contribution is 0.0233. The molecule has 3 heteroatoms. The number of ether oxygens (including phenoxy) is 1. The maximum atomic E-state index is 5.56. The van der Waals surface area contributed by atoms with Gasteiger partial charge >= 0.3 is 0 Å². The second-order valence-electron chi connectivity index (χ2n) is 6.73. The smallest absolute Gasteiger partial charge is 0.0531 e. The SMILES string of the molecule is COCC1(CN2CCc3ccccc3CC2)CCNCC1. The molecule has 0 amide bonds. The summed E-state index contributed by atoms with van der Waals surface area (Å²) >= 11 is 0. The minimum Gasteiger partial charge on any atom is -0.384 e. The van der Waals surface area contributed by atoms with E-state index in [1.165, 1.54) is 45.3 Å². The predicted molar refractivity (Wildman–Crippen MR) is 86.7 cm³/mol. The van der Waals surface area contributed by atoms with E-state index in [0.29, 0.717) is 5.41 Å². The number of nitrogens with one attached hydrogen (secondary N) is 1. The molecule has 1 fully saturated rings. The van der Waals surface area contributed by atoms with Gasteiger partial charge in [-0.05, 0) is 49.9 Å². The van der Waals surface area contributed by atoms with Gasteiger partial charge in [-0.2, -0.15) is 0 Å². The van der Waals surface area contributed by atoms with Crippen molar-refractivity contribution in [2.24, 2.45) is 5.41 Å². The van der Waals surface area contributed by atoms with E-state index < -0.39 is 0 Å². The van der Waals surface area contributed by atoms with Gasteiger partial charge in [-0.15, -0.1) is 0 Å². The third kappa shape index (κ3) is 3.65. The van der Waals surface area contributed by atoms with Crippen molar-refractivity contribution < 1.29 is 4.74 Å². The van der Waals surface area contributed by atoms with E-state index in [9.17, 15) is 0 Å². The Morgan fingerprint density at radius 1 is 1.10 bits per heavy atom. The van der Waals surface area contributed by atoms with Crippen molar-refractivity contribution in [2.75, 3.05) is 46.4 Å². The Bertz CT molecular complexity index is 422. The highest BCUT2D eigenvalue weighted by molar-refractivity contribution is 5.28. The van der Waals surface area contributed by atoms with Gasteiger partial charge in [-0.1, -0.05) is 24.3 Å². The fraction of sp³-hybridized carbons (Fsp3) is 0.667. The van der Waals surface area contributed by atoms with E-state index in [2.05, 4.69) is 34.5 Å². The average Bonchev–Trinajstić information content (AvgIpc) is 2.71. The summed E-state index contributed by atoms with van der Waals surface area (Å²) in [7, 11) is 1.85. The first-order chi connectivity index (χ1) is 10.3. The Kier molecular flexibility index (Phi) is 4.94.